The minimum Gasteiger partial charge on any atom is -0.378 e. The number of hydrogen-bond acceptors (Lipinski definition) is 4. The third-order valence-electron chi connectivity index (χ3n) is 4.94. The average Bonchev–Trinajstić information content (AvgIpc) is 2.65. The molecule has 2 N–H and O–H groups in total. The van der Waals surface area contributed by atoms with E-state index in [2.05, 4.69) is 21.7 Å². The van der Waals surface area contributed by atoms with E-state index in [0.717, 1.165) is 16.8 Å². The minimum atomic E-state index is -5.26. The van der Waals surface area contributed by atoms with Crippen molar-refractivity contribution < 1.29 is 21.6 Å². The molecule has 29 heavy (non-hydrogen) atoms. The molecule has 1 fully saturated rings. The van der Waals surface area contributed by atoms with Crippen molar-refractivity contribution in [3.8, 4) is 0 Å². The number of guanidine groups is 1. The summed E-state index contributed by atoms with van der Waals surface area (Å²) in [7, 11) is 0.302. The van der Waals surface area contributed by atoms with E-state index in [9.17, 15) is 21.6 Å². The summed E-state index contributed by atoms with van der Waals surface area (Å²) in [6, 6.07) is 5.99. The smallest absolute Gasteiger partial charge is 0.378 e. The highest BCUT2D eigenvalue weighted by Gasteiger charge is 2.50. The standard InChI is InChI=1S/C18H28F3N5O2S/c1-13-11-16(25(3)4)6-5-14(13)12-23-17(22-2)24-15-7-9-26(10-8-15)29(27,28)18(19,20)21/h5-6,11,15H,7-10,12H2,1-4H3,(H2,22,23,24). The first-order valence-electron chi connectivity index (χ1n) is 9.26. The molecule has 1 saturated heterocycles. The number of sulfonamides is 1. The van der Waals surface area contributed by atoms with E-state index >= 15 is 0 Å². The number of aryl methyl sites for hydroxylation is 1. The fraction of sp³-hybridized carbons (Fsp3) is 0.611. The monoisotopic (exact) mass is 435 g/mol. The highest BCUT2D eigenvalue weighted by atomic mass is 32.2. The van der Waals surface area contributed by atoms with Gasteiger partial charge in [0, 0.05) is 52.5 Å². The van der Waals surface area contributed by atoms with Crippen molar-refractivity contribution in [3.63, 3.8) is 0 Å². The molecule has 0 radical (unpaired) electrons. The number of halogens is 3. The quantitative estimate of drug-likeness (QED) is 0.547. The van der Waals surface area contributed by atoms with Crippen LogP contribution < -0.4 is 15.5 Å². The van der Waals surface area contributed by atoms with Crippen molar-refractivity contribution >= 4 is 21.7 Å². The van der Waals surface area contributed by atoms with Gasteiger partial charge in [0.2, 0.25) is 0 Å². The normalized spacial score (nSPS) is 17.3. The lowest BCUT2D eigenvalue weighted by Crippen LogP contribution is -2.51. The van der Waals surface area contributed by atoms with Crippen molar-refractivity contribution in [2.75, 3.05) is 39.1 Å². The topological polar surface area (TPSA) is 77.0 Å². The number of piperidine rings is 1. The number of aliphatic imine (C=N–C) groups is 1. The molecule has 1 aliphatic rings. The van der Waals surface area contributed by atoms with E-state index in [4.69, 9.17) is 0 Å². The van der Waals surface area contributed by atoms with Gasteiger partial charge in [0.15, 0.2) is 5.96 Å². The Balaban J connectivity index is 1.89. The molecule has 164 valence electrons. The Morgan fingerprint density at radius 1 is 1.28 bits per heavy atom. The lowest BCUT2D eigenvalue weighted by Gasteiger charge is -2.32. The molecule has 11 heteroatoms. The largest absolute Gasteiger partial charge is 0.511 e. The van der Waals surface area contributed by atoms with Crippen LogP contribution in [0.4, 0.5) is 18.9 Å². The Morgan fingerprint density at radius 3 is 2.38 bits per heavy atom. The molecule has 0 aromatic heterocycles. The van der Waals surface area contributed by atoms with E-state index in [-0.39, 0.29) is 32.0 Å². The average molecular weight is 436 g/mol. The first-order chi connectivity index (χ1) is 13.5. The fourth-order valence-electron chi connectivity index (χ4n) is 3.11. The van der Waals surface area contributed by atoms with Gasteiger partial charge in [0.05, 0.1) is 0 Å². The van der Waals surface area contributed by atoms with Crippen molar-refractivity contribution in [2.45, 2.75) is 37.9 Å². The van der Waals surface area contributed by atoms with Gasteiger partial charge in [-0.05, 0) is 43.0 Å². The van der Waals surface area contributed by atoms with Gasteiger partial charge in [-0.3, -0.25) is 4.99 Å². The fourth-order valence-corrected chi connectivity index (χ4v) is 4.09. The number of hydrogen-bond donors (Lipinski definition) is 2. The first-order valence-corrected chi connectivity index (χ1v) is 10.7. The van der Waals surface area contributed by atoms with E-state index in [0.29, 0.717) is 16.8 Å². The molecule has 7 nitrogen and oxygen atoms in total. The van der Waals surface area contributed by atoms with Crippen LogP contribution in [0.5, 0.6) is 0 Å². The van der Waals surface area contributed by atoms with Gasteiger partial charge in [-0.15, -0.1) is 0 Å². The van der Waals surface area contributed by atoms with Crippen LogP contribution in [0, 0.1) is 6.92 Å². The maximum absolute atomic E-state index is 12.7. The number of alkyl halides is 3. The molecule has 0 atom stereocenters. The molecule has 1 heterocycles. The molecule has 1 aromatic carbocycles. The molecule has 0 spiro atoms. The van der Waals surface area contributed by atoms with Crippen LogP contribution in [0.3, 0.4) is 0 Å². The first kappa shape index (κ1) is 23.3. The Kier molecular flexibility index (Phi) is 7.39. The summed E-state index contributed by atoms with van der Waals surface area (Å²) in [5.41, 5.74) is -1.92. The van der Waals surface area contributed by atoms with Crippen LogP contribution >= 0.6 is 0 Å². The van der Waals surface area contributed by atoms with Gasteiger partial charge in [0.1, 0.15) is 0 Å². The summed E-state index contributed by atoms with van der Waals surface area (Å²) in [4.78, 5) is 6.18. The second-order valence-corrected chi connectivity index (χ2v) is 9.13. The molecule has 0 unspecified atom stereocenters. The summed E-state index contributed by atoms with van der Waals surface area (Å²) >= 11 is 0. The Bertz CT molecular complexity index is 832. The van der Waals surface area contributed by atoms with Gasteiger partial charge in [-0.1, -0.05) is 6.07 Å². The molecule has 0 bridgehead atoms. The second kappa shape index (κ2) is 9.21. The highest BCUT2D eigenvalue weighted by molar-refractivity contribution is 7.90. The van der Waals surface area contributed by atoms with Crippen LogP contribution in [0.25, 0.3) is 0 Å². The zero-order valence-corrected chi connectivity index (χ0v) is 17.9. The summed E-state index contributed by atoms with van der Waals surface area (Å²) in [6.45, 7) is 2.21. The van der Waals surface area contributed by atoms with Gasteiger partial charge in [0.25, 0.3) is 0 Å². The highest BCUT2D eigenvalue weighted by Crippen LogP contribution is 2.29. The number of benzene rings is 1. The SMILES string of the molecule is CN=C(NCc1ccc(N(C)C)cc1C)NC1CCN(S(=O)(=O)C(F)(F)F)CC1. The minimum absolute atomic E-state index is 0.155. The molecule has 1 aliphatic heterocycles. The third-order valence-corrected chi connectivity index (χ3v) is 6.57. The van der Waals surface area contributed by atoms with Gasteiger partial charge < -0.3 is 15.5 Å². The maximum Gasteiger partial charge on any atom is 0.511 e. The predicted octanol–water partition coefficient (Wildman–Crippen LogP) is 2.04. The Hall–Kier alpha value is -2.01. The Labute approximate surface area is 170 Å². The van der Waals surface area contributed by atoms with Crippen molar-refractivity contribution in [1.29, 1.82) is 0 Å². The maximum atomic E-state index is 12.7. The van der Waals surface area contributed by atoms with E-state index < -0.39 is 15.5 Å². The Morgan fingerprint density at radius 2 is 1.90 bits per heavy atom. The molecule has 0 saturated carbocycles. The molecular formula is C18H28F3N5O2S. The molecule has 0 aliphatic carbocycles. The summed E-state index contributed by atoms with van der Waals surface area (Å²) in [6.07, 6.45) is 0.541. The lowest BCUT2D eigenvalue weighted by atomic mass is 10.1. The molecule has 0 amide bonds. The van der Waals surface area contributed by atoms with Crippen LogP contribution in [-0.4, -0.2) is 64.5 Å². The van der Waals surface area contributed by atoms with Gasteiger partial charge in [-0.25, -0.2) is 8.42 Å². The van der Waals surface area contributed by atoms with Crippen LogP contribution in [-0.2, 0) is 16.6 Å². The van der Waals surface area contributed by atoms with Crippen LogP contribution in [0.1, 0.15) is 24.0 Å². The van der Waals surface area contributed by atoms with E-state index in [1.165, 1.54) is 0 Å². The van der Waals surface area contributed by atoms with Gasteiger partial charge in [-0.2, -0.15) is 17.5 Å². The number of nitrogens with zero attached hydrogens (tertiary/aromatic N) is 3. The summed E-state index contributed by atoms with van der Waals surface area (Å²) in [5, 5.41) is 6.37. The molecule has 1 aromatic rings. The van der Waals surface area contributed by atoms with E-state index in [1.807, 2.05) is 38.1 Å². The van der Waals surface area contributed by atoms with Crippen molar-refractivity contribution in [1.82, 2.24) is 14.9 Å². The third kappa shape index (κ3) is 5.75. The lowest BCUT2D eigenvalue weighted by molar-refractivity contribution is -0.0494. The van der Waals surface area contributed by atoms with Crippen LogP contribution in [0.15, 0.2) is 23.2 Å². The predicted molar refractivity (Wildman–Crippen MR) is 108 cm³/mol. The van der Waals surface area contributed by atoms with Crippen LogP contribution in [0.2, 0.25) is 0 Å². The molecule has 2 rings (SSSR count). The van der Waals surface area contributed by atoms with Crippen molar-refractivity contribution in [3.05, 3.63) is 29.3 Å². The zero-order valence-electron chi connectivity index (χ0n) is 17.0. The molecular weight excluding hydrogens is 407 g/mol. The second-order valence-electron chi connectivity index (χ2n) is 7.20. The van der Waals surface area contributed by atoms with E-state index in [1.54, 1.807) is 7.05 Å². The zero-order chi connectivity index (χ0) is 21.8. The van der Waals surface area contributed by atoms with Crippen molar-refractivity contribution in [2.24, 2.45) is 4.99 Å². The summed E-state index contributed by atoms with van der Waals surface area (Å²) in [5.74, 6) is 0.526. The number of nitrogens with one attached hydrogen (secondary N) is 2. The number of anilines is 1. The number of rotatable bonds is 5. The van der Waals surface area contributed by atoms with Gasteiger partial charge >= 0.3 is 15.5 Å². The summed E-state index contributed by atoms with van der Waals surface area (Å²) < 4.78 is 61.5.